The van der Waals surface area contributed by atoms with Gasteiger partial charge >= 0.3 is 0 Å². The smallest absolute Gasteiger partial charge is 0.0490 e. The van der Waals surface area contributed by atoms with Gasteiger partial charge in [-0.15, -0.1) is 0 Å². The molecule has 1 saturated carbocycles. The molecule has 0 spiro atoms. The third kappa shape index (κ3) is 4.13. The van der Waals surface area contributed by atoms with Gasteiger partial charge in [-0.25, -0.2) is 0 Å². The van der Waals surface area contributed by atoms with Crippen molar-refractivity contribution in [3.05, 3.63) is 54.5 Å². The molecule has 1 fully saturated rings. The van der Waals surface area contributed by atoms with Crippen molar-refractivity contribution in [2.45, 2.75) is 52.0 Å². The van der Waals surface area contributed by atoms with Crippen LogP contribution in [0.4, 0.5) is 0 Å². The molecule has 4 rings (SSSR count). The summed E-state index contributed by atoms with van der Waals surface area (Å²) in [5.74, 6) is 0. The van der Waals surface area contributed by atoms with Gasteiger partial charge in [-0.2, -0.15) is 0 Å². The van der Waals surface area contributed by atoms with Crippen LogP contribution in [0.5, 0.6) is 0 Å². The van der Waals surface area contributed by atoms with Gasteiger partial charge < -0.3 is 4.57 Å². The van der Waals surface area contributed by atoms with Gasteiger partial charge in [0.1, 0.15) is 0 Å². The molecular weight excluding hydrogens is 338 g/mol. The molecule has 0 aliphatic heterocycles. The zero-order valence-corrected chi connectivity index (χ0v) is 16.6. The van der Waals surface area contributed by atoms with E-state index < -0.39 is 0 Å². The Labute approximate surface area is 160 Å². The molecule has 3 nitrogen and oxygen atoms in total. The van der Waals surface area contributed by atoms with E-state index in [9.17, 15) is 0 Å². The molecule has 1 aliphatic carbocycles. The summed E-state index contributed by atoms with van der Waals surface area (Å²) in [6.07, 6.45) is 8.82. The molecule has 26 heavy (non-hydrogen) atoms. The second-order valence-electron chi connectivity index (χ2n) is 8.45. The van der Waals surface area contributed by atoms with Gasteiger partial charge in [0.05, 0.1) is 0 Å². The highest BCUT2D eigenvalue weighted by molar-refractivity contribution is 7.98. The average molecular weight is 366 g/mol. The summed E-state index contributed by atoms with van der Waals surface area (Å²) in [7, 11) is 0. The Bertz CT molecular complexity index is 889. The van der Waals surface area contributed by atoms with Gasteiger partial charge in [-0.1, -0.05) is 50.9 Å². The number of pyridine rings is 1. The molecule has 0 saturated heterocycles. The molecule has 4 heteroatoms. The monoisotopic (exact) mass is 365 g/mol. The quantitative estimate of drug-likeness (QED) is 0.573. The number of rotatable bonds is 6. The molecular formula is C22H27N3S. The fraction of sp³-hybridized carbons (Fsp3) is 0.409. The molecule has 3 aromatic rings. The molecule has 0 amide bonds. The highest BCUT2D eigenvalue weighted by atomic mass is 32.2. The van der Waals surface area contributed by atoms with Crippen LogP contribution in [0.15, 0.2) is 48.9 Å². The zero-order valence-electron chi connectivity index (χ0n) is 15.8. The third-order valence-corrected chi connectivity index (χ3v) is 5.76. The molecule has 136 valence electrons. The Morgan fingerprint density at radius 2 is 2.04 bits per heavy atom. The van der Waals surface area contributed by atoms with E-state index in [0.717, 1.165) is 18.3 Å². The van der Waals surface area contributed by atoms with Crippen LogP contribution in [0, 0.1) is 5.41 Å². The number of hydrogen-bond donors (Lipinski definition) is 1. The molecule has 2 heterocycles. The lowest BCUT2D eigenvalue weighted by Gasteiger charge is -2.20. The Balaban J connectivity index is 1.70. The molecule has 1 aliphatic rings. The van der Waals surface area contributed by atoms with Crippen molar-refractivity contribution in [1.29, 1.82) is 0 Å². The van der Waals surface area contributed by atoms with Gasteiger partial charge in [0.2, 0.25) is 0 Å². The molecule has 0 bridgehead atoms. The van der Waals surface area contributed by atoms with E-state index in [0.29, 0.717) is 0 Å². The summed E-state index contributed by atoms with van der Waals surface area (Å²) >= 11 is 1.90. The number of nitrogens with zero attached hydrogens (tertiary/aromatic N) is 2. The van der Waals surface area contributed by atoms with Gasteiger partial charge in [0, 0.05) is 53.4 Å². The predicted molar refractivity (Wildman–Crippen MR) is 112 cm³/mol. The largest absolute Gasteiger partial charge is 0.347 e. The fourth-order valence-corrected chi connectivity index (χ4v) is 4.13. The maximum absolute atomic E-state index is 4.27. The van der Waals surface area contributed by atoms with Crippen molar-refractivity contribution < 1.29 is 0 Å². The minimum atomic E-state index is 0.240. The van der Waals surface area contributed by atoms with E-state index in [1.165, 1.54) is 40.4 Å². The summed E-state index contributed by atoms with van der Waals surface area (Å²) in [6, 6.07) is 10.9. The lowest BCUT2D eigenvalue weighted by molar-refractivity contribution is 0.349. The van der Waals surface area contributed by atoms with Crippen molar-refractivity contribution in [3.63, 3.8) is 0 Å². The van der Waals surface area contributed by atoms with Crippen LogP contribution in [0.25, 0.3) is 22.0 Å². The molecule has 0 radical (unpaired) electrons. The predicted octanol–water partition coefficient (Wildman–Crippen LogP) is 5.65. The van der Waals surface area contributed by atoms with E-state index in [1.54, 1.807) is 0 Å². The number of aromatic nitrogens is 2. The van der Waals surface area contributed by atoms with Crippen molar-refractivity contribution >= 4 is 22.9 Å². The van der Waals surface area contributed by atoms with Crippen molar-refractivity contribution in [3.8, 4) is 11.1 Å². The number of fused-ring (bicyclic) bond motifs is 1. The van der Waals surface area contributed by atoms with Crippen molar-refractivity contribution in [1.82, 2.24) is 14.3 Å². The highest BCUT2D eigenvalue weighted by Crippen LogP contribution is 2.33. The Hall–Kier alpha value is -1.78. The molecule has 1 aromatic carbocycles. The number of hydrogen-bond acceptors (Lipinski definition) is 3. The topological polar surface area (TPSA) is 29.9 Å². The van der Waals surface area contributed by atoms with Crippen molar-refractivity contribution in [2.75, 3.05) is 0 Å². The summed E-state index contributed by atoms with van der Waals surface area (Å²) in [5, 5.41) is 2.18. The molecule has 1 N–H and O–H groups in total. The van der Waals surface area contributed by atoms with Crippen LogP contribution in [-0.4, -0.2) is 14.8 Å². The van der Waals surface area contributed by atoms with Gasteiger partial charge in [0.15, 0.2) is 0 Å². The summed E-state index contributed by atoms with van der Waals surface area (Å²) in [5.41, 5.74) is 5.33. The minimum Gasteiger partial charge on any atom is -0.347 e. The lowest BCUT2D eigenvalue weighted by atomic mass is 9.97. The first-order valence-electron chi connectivity index (χ1n) is 9.40. The normalized spacial score (nSPS) is 14.9. The summed E-state index contributed by atoms with van der Waals surface area (Å²) in [6.45, 7) is 8.82. The first kappa shape index (κ1) is 17.6. The maximum atomic E-state index is 4.27. The summed E-state index contributed by atoms with van der Waals surface area (Å²) < 4.78 is 6.00. The van der Waals surface area contributed by atoms with E-state index >= 15 is 0 Å². The average Bonchev–Trinajstić information content (AvgIpc) is 3.38. The maximum Gasteiger partial charge on any atom is 0.0490 e. The van der Waals surface area contributed by atoms with E-state index in [4.69, 9.17) is 0 Å². The second-order valence-corrected chi connectivity index (χ2v) is 9.65. The van der Waals surface area contributed by atoms with Crippen LogP contribution in [-0.2, 0) is 13.1 Å². The Morgan fingerprint density at radius 1 is 1.19 bits per heavy atom. The van der Waals surface area contributed by atoms with Crippen LogP contribution in [0.2, 0.25) is 0 Å². The Morgan fingerprint density at radius 3 is 2.73 bits per heavy atom. The zero-order chi connectivity index (χ0) is 18.1. The van der Waals surface area contributed by atoms with E-state index in [-0.39, 0.29) is 5.41 Å². The minimum absolute atomic E-state index is 0.240. The molecule has 0 unspecified atom stereocenters. The van der Waals surface area contributed by atoms with Gasteiger partial charge in [0.25, 0.3) is 0 Å². The van der Waals surface area contributed by atoms with E-state index in [1.807, 2.05) is 30.4 Å². The second kappa shape index (κ2) is 7.09. The van der Waals surface area contributed by atoms with Crippen molar-refractivity contribution in [2.24, 2.45) is 5.41 Å². The van der Waals surface area contributed by atoms with E-state index in [2.05, 4.69) is 65.5 Å². The molecule has 2 aromatic heterocycles. The number of nitrogens with one attached hydrogen (secondary N) is 1. The fourth-order valence-electron chi connectivity index (χ4n) is 3.29. The lowest BCUT2D eigenvalue weighted by Crippen LogP contribution is -2.14. The van der Waals surface area contributed by atoms with Crippen LogP contribution < -0.4 is 4.72 Å². The Kier molecular flexibility index (Phi) is 4.80. The SMILES string of the molecule is CC(C)(C)Cn1cc(CNSC2CC2)c2ccc(-c3cccnc3)cc21. The first-order chi connectivity index (χ1) is 12.5. The van der Waals surface area contributed by atoms with Gasteiger partial charge in [-0.05, 0) is 41.5 Å². The van der Waals surface area contributed by atoms with Crippen LogP contribution in [0.1, 0.15) is 39.2 Å². The molecule has 0 atom stereocenters. The highest BCUT2D eigenvalue weighted by Gasteiger charge is 2.22. The third-order valence-electron chi connectivity index (χ3n) is 4.64. The van der Waals surface area contributed by atoms with Crippen LogP contribution in [0.3, 0.4) is 0 Å². The first-order valence-corrected chi connectivity index (χ1v) is 10.3. The standard InChI is InChI=1S/C22H27N3S/c1-22(2,3)15-25-14-18(13-24-26-19-7-8-19)20-9-6-16(11-21(20)25)17-5-4-10-23-12-17/h4-6,9-12,14,19,24H,7-8,13,15H2,1-3H3. The summed E-state index contributed by atoms with van der Waals surface area (Å²) in [4.78, 5) is 4.27. The number of benzene rings is 1. The van der Waals surface area contributed by atoms with Gasteiger partial charge in [-0.3, -0.25) is 9.71 Å². The van der Waals surface area contributed by atoms with Crippen LogP contribution >= 0.6 is 11.9 Å².